The fourth-order valence-electron chi connectivity index (χ4n) is 0.672. The highest BCUT2D eigenvalue weighted by Gasteiger charge is 2.00. The van der Waals surface area contributed by atoms with E-state index in [2.05, 4.69) is 6.58 Å². The standard InChI is InChI=1S/C9H10O.H3O4P/c1-2-8-10-9-6-4-3-5-7-9;1-5(2,3)4/h2-7H,1,8H2;(H3,1,2,3,4). The molecule has 0 bridgehead atoms. The number of hydrogen-bond donors (Lipinski definition) is 3. The van der Waals surface area contributed by atoms with E-state index < -0.39 is 7.82 Å². The van der Waals surface area contributed by atoms with E-state index in [9.17, 15) is 0 Å². The maximum atomic E-state index is 8.88. The minimum Gasteiger partial charge on any atom is -0.490 e. The van der Waals surface area contributed by atoms with Gasteiger partial charge in [0.1, 0.15) is 12.4 Å². The molecule has 0 spiro atoms. The SMILES string of the molecule is C=CCOc1ccccc1.O=P(O)(O)O. The van der Waals surface area contributed by atoms with Gasteiger partial charge >= 0.3 is 7.82 Å². The third-order valence-electron chi connectivity index (χ3n) is 1.11. The fourth-order valence-corrected chi connectivity index (χ4v) is 0.672. The van der Waals surface area contributed by atoms with Crippen LogP contribution in [0.4, 0.5) is 0 Å². The Hall–Kier alpha value is -1.13. The molecule has 0 amide bonds. The smallest absolute Gasteiger partial charge is 0.466 e. The topological polar surface area (TPSA) is 87.0 Å². The van der Waals surface area contributed by atoms with Gasteiger partial charge in [0.25, 0.3) is 0 Å². The van der Waals surface area contributed by atoms with Gasteiger partial charge in [0.05, 0.1) is 0 Å². The quantitative estimate of drug-likeness (QED) is 0.540. The Morgan fingerprint density at radius 2 is 1.73 bits per heavy atom. The lowest BCUT2D eigenvalue weighted by molar-refractivity contribution is 0.275. The van der Waals surface area contributed by atoms with Crippen LogP contribution in [0.1, 0.15) is 0 Å². The van der Waals surface area contributed by atoms with Gasteiger partial charge < -0.3 is 19.4 Å². The highest BCUT2D eigenvalue weighted by Crippen LogP contribution is 2.25. The lowest BCUT2D eigenvalue weighted by Gasteiger charge is -1.99. The summed E-state index contributed by atoms with van der Waals surface area (Å²) in [6.45, 7) is 4.12. The van der Waals surface area contributed by atoms with Crippen LogP contribution in [0.3, 0.4) is 0 Å². The number of ether oxygens (including phenoxy) is 1. The average Bonchev–Trinajstić information content (AvgIpc) is 2.14. The van der Waals surface area contributed by atoms with Crippen LogP contribution in [0.5, 0.6) is 5.75 Å². The summed E-state index contributed by atoms with van der Waals surface area (Å²) >= 11 is 0. The Morgan fingerprint density at radius 3 is 2.13 bits per heavy atom. The normalized spacial score (nSPS) is 9.80. The monoisotopic (exact) mass is 232 g/mol. The summed E-state index contributed by atoms with van der Waals surface area (Å²) in [4.78, 5) is 21.6. The van der Waals surface area contributed by atoms with Gasteiger partial charge in [-0.3, -0.25) is 0 Å². The van der Waals surface area contributed by atoms with Crippen molar-refractivity contribution in [3.8, 4) is 5.75 Å². The second-order valence-electron chi connectivity index (χ2n) is 2.43. The third kappa shape index (κ3) is 12.9. The van der Waals surface area contributed by atoms with Crippen LogP contribution >= 0.6 is 7.82 Å². The summed E-state index contributed by atoms with van der Waals surface area (Å²) in [7, 11) is -4.64. The molecule has 3 N–H and O–H groups in total. The van der Waals surface area contributed by atoms with Gasteiger partial charge in [0.15, 0.2) is 0 Å². The molecule has 5 nitrogen and oxygen atoms in total. The van der Waals surface area contributed by atoms with Crippen LogP contribution in [-0.4, -0.2) is 21.3 Å². The predicted molar refractivity (Wildman–Crippen MR) is 56.4 cm³/mol. The molecule has 0 aliphatic rings. The molecule has 6 heteroatoms. The molecule has 15 heavy (non-hydrogen) atoms. The van der Waals surface area contributed by atoms with Crippen LogP contribution in [0.2, 0.25) is 0 Å². The molecule has 1 rings (SSSR count). The summed E-state index contributed by atoms with van der Waals surface area (Å²) in [6.07, 6.45) is 1.73. The zero-order valence-electron chi connectivity index (χ0n) is 7.98. The molecule has 0 radical (unpaired) electrons. The van der Waals surface area contributed by atoms with Crippen LogP contribution < -0.4 is 4.74 Å². The van der Waals surface area contributed by atoms with Crippen molar-refractivity contribution in [1.29, 1.82) is 0 Å². The molecule has 0 aromatic heterocycles. The van der Waals surface area contributed by atoms with Gasteiger partial charge in [0, 0.05) is 0 Å². The largest absolute Gasteiger partial charge is 0.490 e. The second kappa shape index (κ2) is 7.20. The molecule has 1 aromatic rings. The highest BCUT2D eigenvalue weighted by molar-refractivity contribution is 7.45. The summed E-state index contributed by atoms with van der Waals surface area (Å²) in [5, 5.41) is 0. The number of rotatable bonds is 3. The summed E-state index contributed by atoms with van der Waals surface area (Å²) in [5.41, 5.74) is 0. The lowest BCUT2D eigenvalue weighted by Crippen LogP contribution is -1.91. The first-order valence-corrected chi connectivity index (χ1v) is 5.57. The number of hydrogen-bond acceptors (Lipinski definition) is 2. The predicted octanol–water partition coefficient (Wildman–Crippen LogP) is 1.32. The van der Waals surface area contributed by atoms with Crippen molar-refractivity contribution in [3.63, 3.8) is 0 Å². The van der Waals surface area contributed by atoms with E-state index in [-0.39, 0.29) is 0 Å². The third-order valence-corrected chi connectivity index (χ3v) is 1.11. The van der Waals surface area contributed by atoms with Gasteiger partial charge in [0.2, 0.25) is 0 Å². The minimum absolute atomic E-state index is 0.573. The number of phosphoric acid groups is 1. The van der Waals surface area contributed by atoms with Gasteiger partial charge in [-0.05, 0) is 12.1 Å². The molecular formula is C9H13O5P. The molecule has 0 fully saturated rings. The van der Waals surface area contributed by atoms with Crippen LogP contribution in [0.15, 0.2) is 43.0 Å². The molecule has 1 aromatic carbocycles. The molecule has 0 unspecified atom stereocenters. The first-order valence-electron chi connectivity index (χ1n) is 4.00. The average molecular weight is 232 g/mol. The molecule has 0 aliphatic heterocycles. The fraction of sp³-hybridized carbons (Fsp3) is 0.111. The molecule has 0 aliphatic carbocycles. The van der Waals surface area contributed by atoms with Crippen molar-refractivity contribution in [2.24, 2.45) is 0 Å². The number of benzene rings is 1. The molecule has 0 atom stereocenters. The van der Waals surface area contributed by atoms with E-state index >= 15 is 0 Å². The molecular weight excluding hydrogens is 219 g/mol. The van der Waals surface area contributed by atoms with Crippen molar-refractivity contribution in [2.75, 3.05) is 6.61 Å². The number of para-hydroxylation sites is 1. The Morgan fingerprint density at radius 1 is 1.27 bits per heavy atom. The molecule has 0 heterocycles. The van der Waals surface area contributed by atoms with E-state index in [0.717, 1.165) is 5.75 Å². The van der Waals surface area contributed by atoms with Crippen molar-refractivity contribution < 1.29 is 24.0 Å². The van der Waals surface area contributed by atoms with Gasteiger partial charge in [-0.25, -0.2) is 4.57 Å². The zero-order chi connectivity index (χ0) is 11.7. The van der Waals surface area contributed by atoms with Crippen molar-refractivity contribution >= 4 is 7.82 Å². The summed E-state index contributed by atoms with van der Waals surface area (Å²) in [6, 6.07) is 9.69. The second-order valence-corrected chi connectivity index (χ2v) is 3.45. The van der Waals surface area contributed by atoms with Gasteiger partial charge in [-0.2, -0.15) is 0 Å². The van der Waals surface area contributed by atoms with E-state index in [0.29, 0.717) is 6.61 Å². The zero-order valence-corrected chi connectivity index (χ0v) is 8.88. The maximum absolute atomic E-state index is 8.88. The van der Waals surface area contributed by atoms with Gasteiger partial charge in [-0.15, -0.1) is 0 Å². The van der Waals surface area contributed by atoms with E-state index in [4.69, 9.17) is 24.0 Å². The van der Waals surface area contributed by atoms with Crippen molar-refractivity contribution in [2.45, 2.75) is 0 Å². The maximum Gasteiger partial charge on any atom is 0.466 e. The molecule has 0 saturated heterocycles. The molecule has 0 saturated carbocycles. The highest BCUT2D eigenvalue weighted by atomic mass is 31.2. The Kier molecular flexibility index (Phi) is 6.66. The van der Waals surface area contributed by atoms with Crippen LogP contribution in [0.25, 0.3) is 0 Å². The van der Waals surface area contributed by atoms with E-state index in [1.54, 1.807) is 6.08 Å². The van der Waals surface area contributed by atoms with Crippen LogP contribution in [0, 0.1) is 0 Å². The van der Waals surface area contributed by atoms with Gasteiger partial charge in [-0.1, -0.05) is 30.9 Å². The summed E-state index contributed by atoms with van der Waals surface area (Å²) < 4.78 is 14.1. The van der Waals surface area contributed by atoms with Crippen molar-refractivity contribution in [1.82, 2.24) is 0 Å². The van der Waals surface area contributed by atoms with Crippen LogP contribution in [-0.2, 0) is 4.57 Å². The first-order chi connectivity index (χ1) is 6.93. The minimum atomic E-state index is -4.64. The van der Waals surface area contributed by atoms with Crippen molar-refractivity contribution in [3.05, 3.63) is 43.0 Å². The Labute approximate surface area is 87.9 Å². The summed E-state index contributed by atoms with van der Waals surface area (Å²) in [5.74, 6) is 0.891. The first kappa shape index (κ1) is 13.9. The Bertz CT molecular complexity index is 310. The van der Waals surface area contributed by atoms with E-state index in [1.165, 1.54) is 0 Å². The lowest BCUT2D eigenvalue weighted by atomic mass is 10.3. The Balaban J connectivity index is 0.000000336. The van der Waals surface area contributed by atoms with E-state index in [1.807, 2.05) is 30.3 Å². The molecule has 84 valence electrons.